The number of aromatic hydroxyl groups is 1. The van der Waals surface area contributed by atoms with Crippen LogP contribution in [0.3, 0.4) is 0 Å². The SMILES string of the molecule is NC(=O)c1ccc(Cl)c(NCc2cc(F)c(O)c(F)c2)c1. The van der Waals surface area contributed by atoms with E-state index < -0.39 is 23.3 Å². The summed E-state index contributed by atoms with van der Waals surface area (Å²) in [5.74, 6) is -3.74. The van der Waals surface area contributed by atoms with Gasteiger partial charge in [0.15, 0.2) is 17.4 Å². The van der Waals surface area contributed by atoms with E-state index in [2.05, 4.69) is 5.32 Å². The summed E-state index contributed by atoms with van der Waals surface area (Å²) in [4.78, 5) is 11.1. The summed E-state index contributed by atoms with van der Waals surface area (Å²) in [6, 6.07) is 6.39. The smallest absolute Gasteiger partial charge is 0.248 e. The molecular weight excluding hydrogens is 302 g/mol. The predicted molar refractivity (Wildman–Crippen MR) is 75.3 cm³/mol. The minimum absolute atomic E-state index is 0.0516. The van der Waals surface area contributed by atoms with Gasteiger partial charge in [-0.05, 0) is 35.9 Å². The molecule has 0 bridgehead atoms. The van der Waals surface area contributed by atoms with Crippen LogP contribution < -0.4 is 11.1 Å². The lowest BCUT2D eigenvalue weighted by Gasteiger charge is -2.10. The van der Waals surface area contributed by atoms with Gasteiger partial charge in [-0.2, -0.15) is 0 Å². The molecule has 0 aliphatic rings. The van der Waals surface area contributed by atoms with Gasteiger partial charge < -0.3 is 16.2 Å². The van der Waals surface area contributed by atoms with Gasteiger partial charge in [-0.15, -0.1) is 0 Å². The van der Waals surface area contributed by atoms with Crippen molar-refractivity contribution < 1.29 is 18.7 Å². The third-order valence-corrected chi connectivity index (χ3v) is 3.14. The highest BCUT2D eigenvalue weighted by Gasteiger charge is 2.10. The van der Waals surface area contributed by atoms with Crippen molar-refractivity contribution >= 4 is 23.2 Å². The molecule has 0 atom stereocenters. The van der Waals surface area contributed by atoms with Gasteiger partial charge in [0.1, 0.15) is 0 Å². The van der Waals surface area contributed by atoms with E-state index in [0.717, 1.165) is 12.1 Å². The molecule has 1 amide bonds. The van der Waals surface area contributed by atoms with Gasteiger partial charge in [0.25, 0.3) is 0 Å². The number of carbonyl (C=O) groups is 1. The molecule has 0 aromatic heterocycles. The van der Waals surface area contributed by atoms with Crippen molar-refractivity contribution in [2.24, 2.45) is 5.73 Å². The van der Waals surface area contributed by atoms with Crippen LogP contribution in [-0.4, -0.2) is 11.0 Å². The number of nitrogens with one attached hydrogen (secondary N) is 1. The monoisotopic (exact) mass is 312 g/mol. The molecule has 0 heterocycles. The van der Waals surface area contributed by atoms with Gasteiger partial charge in [0.05, 0.1) is 10.7 Å². The Morgan fingerprint density at radius 2 is 1.86 bits per heavy atom. The minimum atomic E-state index is -1.05. The van der Waals surface area contributed by atoms with Gasteiger partial charge >= 0.3 is 0 Å². The molecule has 2 rings (SSSR count). The Morgan fingerprint density at radius 1 is 1.24 bits per heavy atom. The number of halogens is 3. The standard InChI is InChI=1S/C14H11ClF2N2O2/c15-9-2-1-8(14(18)21)5-12(9)19-6-7-3-10(16)13(20)11(17)4-7/h1-5,19-20H,6H2,(H2,18,21). The molecule has 0 aliphatic heterocycles. The van der Waals surface area contributed by atoms with E-state index in [1.807, 2.05) is 0 Å². The number of hydrogen-bond acceptors (Lipinski definition) is 3. The molecule has 0 saturated carbocycles. The van der Waals surface area contributed by atoms with Gasteiger partial charge in [-0.1, -0.05) is 11.6 Å². The summed E-state index contributed by atoms with van der Waals surface area (Å²) in [5.41, 5.74) is 6.09. The Bertz CT molecular complexity index is 684. The zero-order valence-corrected chi connectivity index (χ0v) is 11.4. The molecule has 4 nitrogen and oxygen atoms in total. The molecule has 21 heavy (non-hydrogen) atoms. The Morgan fingerprint density at radius 3 is 2.43 bits per heavy atom. The van der Waals surface area contributed by atoms with Crippen molar-refractivity contribution in [3.8, 4) is 5.75 Å². The Balaban J connectivity index is 2.20. The van der Waals surface area contributed by atoms with Crippen LogP contribution in [0.1, 0.15) is 15.9 Å². The highest BCUT2D eigenvalue weighted by atomic mass is 35.5. The van der Waals surface area contributed by atoms with Crippen molar-refractivity contribution in [1.82, 2.24) is 0 Å². The maximum Gasteiger partial charge on any atom is 0.248 e. The molecular formula is C14H11ClF2N2O2. The number of carbonyl (C=O) groups excluding carboxylic acids is 1. The lowest BCUT2D eigenvalue weighted by atomic mass is 10.1. The van der Waals surface area contributed by atoms with Crippen LogP contribution in [0, 0.1) is 11.6 Å². The largest absolute Gasteiger partial charge is 0.503 e. The van der Waals surface area contributed by atoms with E-state index >= 15 is 0 Å². The van der Waals surface area contributed by atoms with Gasteiger partial charge in [0.2, 0.25) is 5.91 Å². The summed E-state index contributed by atoms with van der Waals surface area (Å²) in [7, 11) is 0. The first-order valence-corrected chi connectivity index (χ1v) is 6.26. The molecule has 2 aromatic carbocycles. The van der Waals surface area contributed by atoms with Crippen LogP contribution in [0.2, 0.25) is 5.02 Å². The third kappa shape index (κ3) is 3.41. The maximum atomic E-state index is 13.2. The maximum absolute atomic E-state index is 13.2. The summed E-state index contributed by atoms with van der Waals surface area (Å²) in [6.07, 6.45) is 0. The quantitative estimate of drug-likeness (QED) is 0.812. The molecule has 0 spiro atoms. The number of phenols is 1. The first-order chi connectivity index (χ1) is 9.88. The van der Waals surface area contributed by atoms with Crippen molar-refractivity contribution in [2.45, 2.75) is 6.54 Å². The van der Waals surface area contributed by atoms with E-state index in [-0.39, 0.29) is 17.7 Å². The fourth-order valence-corrected chi connectivity index (χ4v) is 1.92. The number of primary amides is 1. The first kappa shape index (κ1) is 15.1. The van der Waals surface area contributed by atoms with Gasteiger partial charge in [-0.3, -0.25) is 4.79 Å². The Kier molecular flexibility index (Phi) is 4.28. The zero-order valence-electron chi connectivity index (χ0n) is 10.7. The second-order valence-corrected chi connectivity index (χ2v) is 4.73. The van der Waals surface area contributed by atoms with Crippen LogP contribution in [0.4, 0.5) is 14.5 Å². The van der Waals surface area contributed by atoms with E-state index in [1.165, 1.54) is 18.2 Å². The number of anilines is 1. The highest BCUT2D eigenvalue weighted by molar-refractivity contribution is 6.33. The van der Waals surface area contributed by atoms with Crippen LogP contribution in [0.25, 0.3) is 0 Å². The third-order valence-electron chi connectivity index (χ3n) is 2.81. The second kappa shape index (κ2) is 5.97. The van der Waals surface area contributed by atoms with Crippen LogP contribution >= 0.6 is 11.6 Å². The summed E-state index contributed by atoms with van der Waals surface area (Å²) < 4.78 is 26.4. The molecule has 0 saturated heterocycles. The molecule has 2 aromatic rings. The fraction of sp³-hybridized carbons (Fsp3) is 0.0714. The van der Waals surface area contributed by atoms with E-state index in [0.29, 0.717) is 10.7 Å². The van der Waals surface area contributed by atoms with Crippen LogP contribution in [0.15, 0.2) is 30.3 Å². The molecule has 0 unspecified atom stereocenters. The summed E-state index contributed by atoms with van der Waals surface area (Å²) in [5, 5.41) is 12.2. The first-order valence-electron chi connectivity index (χ1n) is 5.88. The van der Waals surface area contributed by atoms with Gasteiger partial charge in [-0.25, -0.2) is 8.78 Å². The molecule has 0 aliphatic carbocycles. The number of phenolic OH excluding ortho intramolecular Hbond substituents is 1. The normalized spacial score (nSPS) is 10.4. The average Bonchev–Trinajstić information content (AvgIpc) is 2.43. The molecule has 7 heteroatoms. The van der Waals surface area contributed by atoms with Crippen LogP contribution in [-0.2, 0) is 6.54 Å². The number of hydrogen-bond donors (Lipinski definition) is 3. The summed E-state index contributed by atoms with van der Waals surface area (Å²) in [6.45, 7) is 0.0516. The predicted octanol–water partition coefficient (Wildman–Crippen LogP) is 3.03. The van der Waals surface area contributed by atoms with Crippen molar-refractivity contribution in [2.75, 3.05) is 5.32 Å². The number of nitrogens with two attached hydrogens (primary N) is 1. The van der Waals surface area contributed by atoms with Crippen molar-refractivity contribution in [3.05, 3.63) is 58.1 Å². The van der Waals surface area contributed by atoms with Crippen LogP contribution in [0.5, 0.6) is 5.75 Å². The van der Waals surface area contributed by atoms with Gasteiger partial charge in [0, 0.05) is 12.1 Å². The topological polar surface area (TPSA) is 75.4 Å². The average molecular weight is 313 g/mol. The summed E-state index contributed by atoms with van der Waals surface area (Å²) >= 11 is 5.95. The number of amides is 1. The molecule has 0 fully saturated rings. The zero-order chi connectivity index (χ0) is 15.6. The van der Waals surface area contributed by atoms with Crippen molar-refractivity contribution in [3.63, 3.8) is 0 Å². The lowest BCUT2D eigenvalue weighted by Crippen LogP contribution is -2.11. The molecule has 0 radical (unpaired) electrons. The van der Waals surface area contributed by atoms with E-state index in [1.54, 1.807) is 0 Å². The van der Waals surface area contributed by atoms with E-state index in [9.17, 15) is 13.6 Å². The molecule has 110 valence electrons. The second-order valence-electron chi connectivity index (χ2n) is 4.32. The van der Waals surface area contributed by atoms with E-state index in [4.69, 9.17) is 22.4 Å². The number of benzene rings is 2. The molecule has 4 N–H and O–H groups in total. The number of rotatable bonds is 4. The van der Waals surface area contributed by atoms with Crippen molar-refractivity contribution in [1.29, 1.82) is 0 Å². The fourth-order valence-electron chi connectivity index (χ4n) is 1.73. The minimum Gasteiger partial charge on any atom is -0.503 e. The Hall–Kier alpha value is -2.34. The lowest BCUT2D eigenvalue weighted by molar-refractivity contribution is 0.100. The Labute approximate surface area is 124 Å². The highest BCUT2D eigenvalue weighted by Crippen LogP contribution is 2.25.